The number of hydrogen-bond donors (Lipinski definition) is 2. The molecule has 7 nitrogen and oxygen atoms in total. The number of carbonyl (C=O) groups is 1. The fourth-order valence-electron chi connectivity index (χ4n) is 3.89. The molecule has 9 heteroatoms. The van der Waals surface area contributed by atoms with Crippen molar-refractivity contribution >= 4 is 58.3 Å². The number of nitrogens with one attached hydrogen (secondary N) is 2. The number of para-hydroxylation sites is 1. The summed E-state index contributed by atoms with van der Waals surface area (Å²) < 4.78 is 8.04. The van der Waals surface area contributed by atoms with Gasteiger partial charge in [-0.2, -0.15) is 0 Å². The maximum atomic E-state index is 11.5. The second-order valence-electron chi connectivity index (χ2n) is 8.02. The highest BCUT2D eigenvalue weighted by Gasteiger charge is 2.17. The normalized spacial score (nSPS) is 10.6. The number of benzene rings is 2. The molecule has 0 aliphatic rings. The molecular formula is C25H35Cl2N5O2. The molecule has 0 saturated carbocycles. The second-order valence-corrected chi connectivity index (χ2v) is 8.45. The van der Waals surface area contributed by atoms with E-state index in [1.54, 1.807) is 13.1 Å². The third-order valence-corrected chi connectivity index (χ3v) is 5.71. The molecule has 2 N–H and O–H groups in total. The standard InChI is InChI=1S/C25H34ClN5O2.ClH/c1-5-14-31(15-6-2)21-10-7-9-20-24(21)30(4)25(29-20)28-19-13-12-18(26)17-22(19)33-16-8-11-23(32)27-3;/h7,9-10,12-13,17H,5-6,8,11,14-16H2,1-4H3,(H,27,32)(H,28,29);1H. The van der Waals surface area contributed by atoms with E-state index in [0.29, 0.717) is 30.2 Å². The van der Waals surface area contributed by atoms with Gasteiger partial charge in [-0.15, -0.1) is 12.4 Å². The van der Waals surface area contributed by atoms with Gasteiger partial charge in [0.15, 0.2) is 0 Å². The Morgan fingerprint density at radius 3 is 2.59 bits per heavy atom. The first-order valence-corrected chi connectivity index (χ1v) is 12.0. The fourth-order valence-corrected chi connectivity index (χ4v) is 4.05. The molecule has 1 amide bonds. The summed E-state index contributed by atoms with van der Waals surface area (Å²) in [6.45, 7) is 6.84. The van der Waals surface area contributed by atoms with Crippen molar-refractivity contribution in [2.24, 2.45) is 7.05 Å². The van der Waals surface area contributed by atoms with Gasteiger partial charge in [0.05, 0.1) is 29.0 Å². The summed E-state index contributed by atoms with van der Waals surface area (Å²) in [5.41, 5.74) is 4.01. The van der Waals surface area contributed by atoms with Crippen LogP contribution in [0.25, 0.3) is 11.0 Å². The van der Waals surface area contributed by atoms with Gasteiger partial charge in [0.1, 0.15) is 5.75 Å². The summed E-state index contributed by atoms with van der Waals surface area (Å²) in [4.78, 5) is 18.7. The molecule has 3 rings (SSSR count). The number of aromatic nitrogens is 2. The molecule has 1 heterocycles. The van der Waals surface area contributed by atoms with E-state index in [1.165, 1.54) is 5.69 Å². The molecule has 186 valence electrons. The lowest BCUT2D eigenvalue weighted by Gasteiger charge is -2.25. The van der Waals surface area contributed by atoms with E-state index in [2.05, 4.69) is 46.1 Å². The predicted octanol–water partition coefficient (Wildman–Crippen LogP) is 5.92. The number of carbonyl (C=O) groups excluding carboxylic acids is 1. The number of hydrogen-bond acceptors (Lipinski definition) is 5. The zero-order valence-corrected chi connectivity index (χ0v) is 21.9. The van der Waals surface area contributed by atoms with Gasteiger partial charge in [-0.3, -0.25) is 4.79 Å². The van der Waals surface area contributed by atoms with Crippen LogP contribution in [0, 0.1) is 0 Å². The molecule has 0 aliphatic heterocycles. The molecule has 0 unspecified atom stereocenters. The van der Waals surface area contributed by atoms with Crippen LogP contribution in [0.4, 0.5) is 17.3 Å². The summed E-state index contributed by atoms with van der Waals surface area (Å²) in [5, 5.41) is 6.63. The highest BCUT2D eigenvalue weighted by molar-refractivity contribution is 6.30. The molecule has 0 saturated heterocycles. The number of amides is 1. The summed E-state index contributed by atoms with van der Waals surface area (Å²) in [6, 6.07) is 11.8. The first-order valence-electron chi connectivity index (χ1n) is 11.6. The summed E-state index contributed by atoms with van der Waals surface area (Å²) in [5.74, 6) is 1.35. The van der Waals surface area contributed by atoms with Crippen LogP contribution in [0.3, 0.4) is 0 Å². The molecule has 1 aromatic heterocycles. The Balaban J connectivity index is 0.00000408. The number of ether oxygens (including phenoxy) is 1. The van der Waals surface area contributed by atoms with Crippen LogP contribution < -0.4 is 20.3 Å². The van der Waals surface area contributed by atoms with Gasteiger partial charge in [-0.25, -0.2) is 4.98 Å². The minimum absolute atomic E-state index is 0. The van der Waals surface area contributed by atoms with E-state index >= 15 is 0 Å². The summed E-state index contributed by atoms with van der Waals surface area (Å²) >= 11 is 6.22. The van der Waals surface area contributed by atoms with Crippen LogP contribution in [-0.4, -0.2) is 42.2 Å². The SMILES string of the molecule is CCCN(CCC)c1cccc2nc(Nc3ccc(Cl)cc3OCCCC(=O)NC)n(C)c12.Cl. The third-order valence-electron chi connectivity index (χ3n) is 5.48. The van der Waals surface area contributed by atoms with Gasteiger partial charge < -0.3 is 24.8 Å². The number of halogens is 2. The Morgan fingerprint density at radius 1 is 1.18 bits per heavy atom. The number of fused-ring (bicyclic) bond motifs is 1. The Morgan fingerprint density at radius 2 is 1.91 bits per heavy atom. The Kier molecular flexibility index (Phi) is 10.8. The number of aryl methyl sites for hydroxylation is 1. The van der Waals surface area contributed by atoms with E-state index in [0.717, 1.165) is 48.6 Å². The van der Waals surface area contributed by atoms with Crippen molar-refractivity contribution in [3.8, 4) is 5.75 Å². The van der Waals surface area contributed by atoms with Crippen molar-refractivity contribution in [3.63, 3.8) is 0 Å². The molecular weight excluding hydrogens is 473 g/mol. The smallest absolute Gasteiger partial charge is 0.219 e. The Hall–Kier alpha value is -2.64. The van der Waals surface area contributed by atoms with Crippen molar-refractivity contribution in [2.75, 3.05) is 37.0 Å². The highest BCUT2D eigenvalue weighted by Crippen LogP contribution is 2.34. The first kappa shape index (κ1) is 27.6. The maximum Gasteiger partial charge on any atom is 0.219 e. The van der Waals surface area contributed by atoms with E-state index in [9.17, 15) is 4.79 Å². The highest BCUT2D eigenvalue weighted by atomic mass is 35.5. The van der Waals surface area contributed by atoms with Crippen LogP contribution in [0.15, 0.2) is 36.4 Å². The number of rotatable bonds is 12. The van der Waals surface area contributed by atoms with E-state index in [-0.39, 0.29) is 18.3 Å². The molecule has 0 spiro atoms. The van der Waals surface area contributed by atoms with Gasteiger partial charge in [0.25, 0.3) is 0 Å². The lowest BCUT2D eigenvalue weighted by atomic mass is 10.2. The van der Waals surface area contributed by atoms with Crippen molar-refractivity contribution in [1.82, 2.24) is 14.9 Å². The minimum atomic E-state index is -0.00117. The van der Waals surface area contributed by atoms with Crippen LogP contribution in [0.2, 0.25) is 5.02 Å². The van der Waals surface area contributed by atoms with Gasteiger partial charge >= 0.3 is 0 Å². The van der Waals surface area contributed by atoms with Gasteiger partial charge in [0.2, 0.25) is 11.9 Å². The van der Waals surface area contributed by atoms with Crippen molar-refractivity contribution in [3.05, 3.63) is 41.4 Å². The van der Waals surface area contributed by atoms with Crippen LogP contribution in [0.1, 0.15) is 39.5 Å². The zero-order valence-electron chi connectivity index (χ0n) is 20.4. The Bertz CT molecular complexity index is 1080. The number of imidazole rings is 1. The molecule has 0 atom stereocenters. The average molecular weight is 508 g/mol. The maximum absolute atomic E-state index is 11.5. The average Bonchev–Trinajstić information content (AvgIpc) is 3.13. The number of anilines is 3. The molecule has 2 aromatic carbocycles. The van der Waals surface area contributed by atoms with Crippen LogP contribution >= 0.6 is 24.0 Å². The fraction of sp³-hybridized carbons (Fsp3) is 0.440. The lowest BCUT2D eigenvalue weighted by molar-refractivity contribution is -0.120. The van der Waals surface area contributed by atoms with Gasteiger partial charge in [-0.05, 0) is 43.5 Å². The molecule has 0 bridgehead atoms. The van der Waals surface area contributed by atoms with E-state index in [4.69, 9.17) is 21.3 Å². The van der Waals surface area contributed by atoms with Gasteiger partial charge in [-0.1, -0.05) is 31.5 Å². The quantitative estimate of drug-likeness (QED) is 0.297. The minimum Gasteiger partial charge on any atom is -0.491 e. The molecule has 3 aromatic rings. The largest absolute Gasteiger partial charge is 0.491 e. The summed E-state index contributed by atoms with van der Waals surface area (Å²) in [6.07, 6.45) is 3.21. The van der Waals surface area contributed by atoms with Crippen molar-refractivity contribution < 1.29 is 9.53 Å². The predicted molar refractivity (Wildman–Crippen MR) is 144 cm³/mol. The number of nitrogens with zero attached hydrogens (tertiary/aromatic N) is 3. The van der Waals surface area contributed by atoms with Gasteiger partial charge in [0, 0.05) is 44.7 Å². The zero-order chi connectivity index (χ0) is 23.8. The third kappa shape index (κ3) is 6.70. The van der Waals surface area contributed by atoms with Crippen LogP contribution in [-0.2, 0) is 11.8 Å². The van der Waals surface area contributed by atoms with E-state index < -0.39 is 0 Å². The second kappa shape index (κ2) is 13.3. The molecule has 34 heavy (non-hydrogen) atoms. The Labute approximate surface area is 213 Å². The monoisotopic (exact) mass is 507 g/mol. The molecule has 0 fully saturated rings. The van der Waals surface area contributed by atoms with E-state index in [1.807, 2.05) is 25.2 Å². The van der Waals surface area contributed by atoms with Crippen molar-refractivity contribution in [2.45, 2.75) is 39.5 Å². The van der Waals surface area contributed by atoms with Crippen LogP contribution in [0.5, 0.6) is 5.75 Å². The van der Waals surface area contributed by atoms with Crippen molar-refractivity contribution in [1.29, 1.82) is 0 Å². The summed E-state index contributed by atoms with van der Waals surface area (Å²) in [7, 11) is 3.66. The lowest BCUT2D eigenvalue weighted by Crippen LogP contribution is -2.25. The first-order chi connectivity index (χ1) is 16.0. The molecule has 0 aliphatic carbocycles. The molecule has 0 radical (unpaired) electrons. The topological polar surface area (TPSA) is 71.4 Å².